The second-order valence-corrected chi connectivity index (χ2v) is 20.3. The van der Waals surface area contributed by atoms with E-state index in [0.717, 1.165) is 24.0 Å². The Kier molecular flexibility index (Phi) is 13.5. The van der Waals surface area contributed by atoms with Crippen molar-refractivity contribution < 1.29 is 31.0 Å². The number of allylic oxidation sites excluding steroid dienone is 1. The van der Waals surface area contributed by atoms with E-state index in [-0.39, 0.29) is 42.6 Å². The smallest absolute Gasteiger partial charge is 0.245 e. The van der Waals surface area contributed by atoms with Crippen LogP contribution in [0.1, 0.15) is 68.7 Å². The van der Waals surface area contributed by atoms with Crippen LogP contribution in [0.3, 0.4) is 0 Å². The summed E-state index contributed by atoms with van der Waals surface area (Å²) in [7, 11) is -4.58. The average Bonchev–Trinajstić information content (AvgIpc) is 3.93. The number of benzene rings is 4. The average molecular weight is 885 g/mol. The van der Waals surface area contributed by atoms with Crippen LogP contribution in [0.5, 0.6) is 17.2 Å². The topological polar surface area (TPSA) is 184 Å². The molecular weight excluding hydrogens is 829 g/mol. The number of nitrogens with one attached hydrogen (secondary N) is 1. The number of nitrogens with zero attached hydrogens (tertiary/aromatic N) is 6. The lowest BCUT2D eigenvalue weighted by Gasteiger charge is -2.31. The molecule has 0 unspecified atom stereocenters. The Hall–Kier alpha value is -5.17. The minimum absolute atomic E-state index is 0.0337. The SMILES string of the molecule is COc1ccc(CN(Cc2ccc(OC)cc2)S(=O)(=O)c2c(S(=O)(=O)N[C@@H]3CCN(C(C)(C)C)C3)ccc(C3=C[C@H](N)CCC3)c2-c2nnn(Cc3ccc(OC)cc3)n2)cc1. The van der Waals surface area contributed by atoms with Crippen molar-refractivity contribution in [1.82, 2.24) is 34.1 Å². The van der Waals surface area contributed by atoms with Gasteiger partial charge < -0.3 is 19.9 Å². The molecule has 3 N–H and O–H groups in total. The van der Waals surface area contributed by atoms with Crippen LogP contribution in [0.25, 0.3) is 17.0 Å². The van der Waals surface area contributed by atoms with Gasteiger partial charge in [-0.05, 0) is 122 Å². The fourth-order valence-corrected chi connectivity index (χ4v) is 11.7. The minimum Gasteiger partial charge on any atom is -0.497 e. The van der Waals surface area contributed by atoms with Crippen molar-refractivity contribution in [2.75, 3.05) is 34.4 Å². The van der Waals surface area contributed by atoms with Gasteiger partial charge in [-0.3, -0.25) is 4.90 Å². The summed E-state index contributed by atoms with van der Waals surface area (Å²) in [6, 6.07) is 23.9. The van der Waals surface area contributed by atoms with Crippen LogP contribution in [0.15, 0.2) is 101 Å². The molecule has 2 heterocycles. The Morgan fingerprint density at radius 2 is 1.35 bits per heavy atom. The molecule has 4 aromatic carbocycles. The third kappa shape index (κ3) is 10.2. The van der Waals surface area contributed by atoms with Gasteiger partial charge in [-0.15, -0.1) is 10.2 Å². The summed E-state index contributed by atoms with van der Waals surface area (Å²) < 4.78 is 82.2. The van der Waals surface area contributed by atoms with Crippen molar-refractivity contribution in [2.24, 2.45) is 5.73 Å². The van der Waals surface area contributed by atoms with Gasteiger partial charge in [-0.25, -0.2) is 21.6 Å². The number of methoxy groups -OCH3 is 3. The number of nitrogens with two attached hydrogens (primary N) is 1. The zero-order valence-corrected chi connectivity index (χ0v) is 37.7. The molecule has 1 aliphatic heterocycles. The molecule has 1 aliphatic carbocycles. The van der Waals surface area contributed by atoms with Crippen LogP contribution < -0.4 is 24.7 Å². The second kappa shape index (κ2) is 18.7. The predicted molar refractivity (Wildman–Crippen MR) is 238 cm³/mol. The zero-order valence-electron chi connectivity index (χ0n) is 36.1. The van der Waals surface area contributed by atoms with Gasteiger partial charge in [0.15, 0.2) is 0 Å². The molecule has 0 amide bonds. The van der Waals surface area contributed by atoms with E-state index in [1.807, 2.05) is 30.3 Å². The van der Waals surface area contributed by atoms with Crippen LogP contribution in [-0.4, -0.2) is 98.3 Å². The van der Waals surface area contributed by atoms with Gasteiger partial charge in [-0.2, -0.15) is 9.10 Å². The maximum absolute atomic E-state index is 16.0. The fourth-order valence-electron chi connectivity index (χ4n) is 7.98. The first-order valence-electron chi connectivity index (χ1n) is 20.7. The standard InChI is InChI=1S/C45H56N8O7S2/c1-45(2,3)51-25-24-36(30-51)49-61(54,55)41-23-22-40(34-8-7-9-35(46)26-34)42(44-47-50-53(48-44)29-33-14-20-39(60-6)21-15-33)43(41)62(56,57)52(27-31-10-16-37(58-4)17-11-31)28-32-12-18-38(59-5)19-13-32/h10-23,26,35-36,49H,7-9,24-25,27-30,46H2,1-6H3/t35-,36-/m1/s1. The van der Waals surface area contributed by atoms with Gasteiger partial charge in [0.2, 0.25) is 25.9 Å². The summed E-state index contributed by atoms with van der Waals surface area (Å²) in [5.41, 5.74) is 9.72. The van der Waals surface area contributed by atoms with Crippen LogP contribution >= 0.6 is 0 Å². The van der Waals surface area contributed by atoms with Crippen molar-refractivity contribution in [3.05, 3.63) is 113 Å². The maximum atomic E-state index is 16.0. The molecule has 330 valence electrons. The lowest BCUT2D eigenvalue weighted by molar-refractivity contribution is 0.172. The molecule has 62 heavy (non-hydrogen) atoms. The first kappa shape index (κ1) is 44.9. The van der Waals surface area contributed by atoms with E-state index in [1.54, 1.807) is 75.9 Å². The number of likely N-dealkylation sites (tertiary alicyclic amines) is 1. The van der Waals surface area contributed by atoms with Crippen molar-refractivity contribution in [1.29, 1.82) is 0 Å². The summed E-state index contributed by atoms with van der Waals surface area (Å²) in [5.74, 6) is 1.85. The number of tetrazole rings is 1. The summed E-state index contributed by atoms with van der Waals surface area (Å²) in [6.07, 6.45) is 4.55. The summed E-state index contributed by atoms with van der Waals surface area (Å²) in [5, 5.41) is 13.6. The van der Waals surface area contributed by atoms with Crippen LogP contribution in [0, 0.1) is 0 Å². The molecule has 15 nitrogen and oxygen atoms in total. The quantitative estimate of drug-likeness (QED) is 0.121. The number of aromatic nitrogens is 4. The molecule has 2 aliphatic rings. The number of hydrogen-bond acceptors (Lipinski definition) is 12. The molecule has 1 aromatic heterocycles. The Labute approximate surface area is 365 Å². The monoisotopic (exact) mass is 884 g/mol. The van der Waals surface area contributed by atoms with Gasteiger partial charge in [0.05, 0.1) is 33.4 Å². The van der Waals surface area contributed by atoms with E-state index in [2.05, 4.69) is 40.7 Å². The minimum atomic E-state index is -4.77. The summed E-state index contributed by atoms with van der Waals surface area (Å²) >= 11 is 0. The van der Waals surface area contributed by atoms with Crippen molar-refractivity contribution in [3.63, 3.8) is 0 Å². The number of hydrogen-bond donors (Lipinski definition) is 2. The molecule has 0 saturated carbocycles. The fraction of sp³-hybridized carbons (Fsp3) is 0.400. The highest BCUT2D eigenvalue weighted by molar-refractivity contribution is 7.92. The molecule has 5 aromatic rings. The molecule has 17 heteroatoms. The van der Waals surface area contributed by atoms with Gasteiger partial charge in [0.1, 0.15) is 27.0 Å². The van der Waals surface area contributed by atoms with Gasteiger partial charge in [0, 0.05) is 43.8 Å². The Balaban J connectivity index is 1.44. The first-order valence-corrected chi connectivity index (χ1v) is 23.6. The first-order chi connectivity index (χ1) is 29.6. The Morgan fingerprint density at radius 3 is 1.87 bits per heavy atom. The molecule has 0 radical (unpaired) electrons. The number of sulfonamides is 2. The molecule has 2 atom stereocenters. The van der Waals surface area contributed by atoms with Gasteiger partial charge in [-0.1, -0.05) is 48.5 Å². The highest BCUT2D eigenvalue weighted by atomic mass is 32.2. The van der Waals surface area contributed by atoms with E-state index < -0.39 is 35.9 Å². The van der Waals surface area contributed by atoms with Gasteiger partial charge in [0.25, 0.3) is 0 Å². The third-order valence-electron chi connectivity index (χ3n) is 11.4. The van der Waals surface area contributed by atoms with Crippen LogP contribution in [-0.2, 0) is 39.7 Å². The Morgan fingerprint density at radius 1 is 0.790 bits per heavy atom. The largest absolute Gasteiger partial charge is 0.497 e. The normalized spacial score (nSPS) is 17.6. The van der Waals surface area contributed by atoms with E-state index in [9.17, 15) is 8.42 Å². The zero-order chi connectivity index (χ0) is 44.2. The number of rotatable bonds is 16. The second-order valence-electron chi connectivity index (χ2n) is 16.7. The third-order valence-corrected chi connectivity index (χ3v) is 15.0. The lowest BCUT2D eigenvalue weighted by Crippen LogP contribution is -2.43. The van der Waals surface area contributed by atoms with E-state index >= 15 is 8.42 Å². The molecular formula is C45H56N8O7S2. The maximum Gasteiger partial charge on any atom is 0.245 e. The van der Waals surface area contributed by atoms with Crippen molar-refractivity contribution >= 4 is 25.6 Å². The highest BCUT2D eigenvalue weighted by Crippen LogP contribution is 2.42. The molecule has 7 rings (SSSR count). The van der Waals surface area contributed by atoms with Crippen LogP contribution in [0.4, 0.5) is 0 Å². The summed E-state index contributed by atoms with van der Waals surface area (Å²) in [6.45, 7) is 7.38. The summed E-state index contributed by atoms with van der Waals surface area (Å²) in [4.78, 5) is 2.72. The Bertz CT molecular complexity index is 2540. The van der Waals surface area contributed by atoms with E-state index in [1.165, 1.54) is 15.2 Å². The lowest BCUT2D eigenvalue weighted by atomic mass is 9.88. The molecule has 0 spiro atoms. The van der Waals surface area contributed by atoms with E-state index in [4.69, 9.17) is 25.0 Å². The van der Waals surface area contributed by atoms with Gasteiger partial charge >= 0.3 is 0 Å². The van der Waals surface area contributed by atoms with Crippen LogP contribution in [0.2, 0.25) is 0 Å². The molecule has 1 saturated heterocycles. The van der Waals surface area contributed by atoms with Crippen molar-refractivity contribution in [2.45, 2.75) is 93.5 Å². The highest BCUT2D eigenvalue weighted by Gasteiger charge is 2.40. The number of ether oxygens (including phenoxy) is 3. The molecule has 0 bridgehead atoms. The molecule has 1 fully saturated rings. The predicted octanol–water partition coefficient (Wildman–Crippen LogP) is 5.85. The van der Waals surface area contributed by atoms with E-state index in [0.29, 0.717) is 59.9 Å². The van der Waals surface area contributed by atoms with Crippen molar-refractivity contribution in [3.8, 4) is 28.6 Å².